The molecule has 1 atom stereocenters. The first-order valence-electron chi connectivity index (χ1n) is 6.38. The molecule has 2 amide bonds. The predicted octanol–water partition coefficient (Wildman–Crippen LogP) is 1.93. The van der Waals surface area contributed by atoms with Crippen LogP contribution >= 0.6 is 0 Å². The molecule has 0 spiro atoms. The number of carbonyl (C=O) groups excluding carboxylic acids is 1. The minimum atomic E-state index is -0.916. The van der Waals surface area contributed by atoms with Gasteiger partial charge in [0.1, 0.15) is 0 Å². The van der Waals surface area contributed by atoms with E-state index in [1.54, 1.807) is 24.3 Å². The van der Waals surface area contributed by atoms with Gasteiger partial charge in [-0.25, -0.2) is 4.79 Å². The predicted molar refractivity (Wildman–Crippen MR) is 72.1 cm³/mol. The number of urea groups is 1. The molecule has 0 heterocycles. The molecule has 1 aliphatic rings. The van der Waals surface area contributed by atoms with Gasteiger partial charge in [0, 0.05) is 11.7 Å². The number of carbonyl (C=O) groups is 2. The van der Waals surface area contributed by atoms with Crippen LogP contribution in [0.25, 0.3) is 0 Å². The van der Waals surface area contributed by atoms with Crippen LogP contribution in [0.1, 0.15) is 24.8 Å². The molecule has 0 saturated heterocycles. The maximum absolute atomic E-state index is 11.8. The lowest BCUT2D eigenvalue weighted by Gasteiger charge is -2.16. The number of nitrogens with one attached hydrogen (secondary N) is 2. The number of rotatable bonds is 5. The zero-order valence-corrected chi connectivity index (χ0v) is 10.8. The SMILES string of the molecule is N#Cc1ccc(NC(=O)NC(CC(=O)O)C2CC2)cc1. The molecule has 3 N–H and O–H groups in total. The highest BCUT2D eigenvalue weighted by molar-refractivity contribution is 5.89. The van der Waals surface area contributed by atoms with Crippen LogP contribution in [0.2, 0.25) is 0 Å². The summed E-state index contributed by atoms with van der Waals surface area (Å²) in [7, 11) is 0. The first kappa shape index (κ1) is 13.9. The Morgan fingerprint density at radius 3 is 2.50 bits per heavy atom. The van der Waals surface area contributed by atoms with E-state index in [2.05, 4.69) is 10.6 Å². The van der Waals surface area contributed by atoms with E-state index in [0.29, 0.717) is 11.3 Å². The van der Waals surface area contributed by atoms with E-state index in [-0.39, 0.29) is 18.4 Å². The number of benzene rings is 1. The molecule has 2 rings (SSSR count). The monoisotopic (exact) mass is 273 g/mol. The molecular weight excluding hydrogens is 258 g/mol. The van der Waals surface area contributed by atoms with Crippen LogP contribution in [0.15, 0.2) is 24.3 Å². The molecule has 1 saturated carbocycles. The molecule has 1 fully saturated rings. The number of amides is 2. The maximum atomic E-state index is 11.8. The van der Waals surface area contributed by atoms with E-state index in [1.807, 2.05) is 6.07 Å². The topological polar surface area (TPSA) is 102 Å². The standard InChI is InChI=1S/C14H15N3O3/c15-8-9-1-5-11(6-2-9)16-14(20)17-12(7-13(18)19)10-3-4-10/h1-2,5-6,10,12H,3-4,7H2,(H,18,19)(H2,16,17,20). The van der Waals surface area contributed by atoms with Crippen molar-refractivity contribution in [2.45, 2.75) is 25.3 Å². The molecule has 1 aliphatic carbocycles. The maximum Gasteiger partial charge on any atom is 0.319 e. The Hall–Kier alpha value is -2.55. The molecule has 6 heteroatoms. The van der Waals surface area contributed by atoms with Crippen molar-refractivity contribution in [2.75, 3.05) is 5.32 Å². The lowest BCUT2D eigenvalue weighted by molar-refractivity contribution is -0.137. The van der Waals surface area contributed by atoms with Gasteiger partial charge in [0.15, 0.2) is 0 Å². The summed E-state index contributed by atoms with van der Waals surface area (Å²) in [6, 6.07) is 7.70. The van der Waals surface area contributed by atoms with Crippen LogP contribution in [0.5, 0.6) is 0 Å². The second kappa shape index (κ2) is 6.06. The third-order valence-corrected chi connectivity index (χ3v) is 3.17. The van der Waals surface area contributed by atoms with Gasteiger partial charge in [-0.2, -0.15) is 5.26 Å². The number of hydrogen-bond donors (Lipinski definition) is 3. The average Bonchev–Trinajstić information content (AvgIpc) is 3.22. The molecule has 104 valence electrons. The second-order valence-corrected chi connectivity index (χ2v) is 4.83. The van der Waals surface area contributed by atoms with Crippen molar-refractivity contribution in [3.63, 3.8) is 0 Å². The molecule has 1 aromatic carbocycles. The average molecular weight is 273 g/mol. The van der Waals surface area contributed by atoms with Gasteiger partial charge in [0.25, 0.3) is 0 Å². The Morgan fingerprint density at radius 1 is 1.35 bits per heavy atom. The zero-order valence-electron chi connectivity index (χ0n) is 10.8. The van der Waals surface area contributed by atoms with Gasteiger partial charge in [-0.05, 0) is 43.0 Å². The summed E-state index contributed by atoms with van der Waals surface area (Å²) in [6.45, 7) is 0. The number of hydrogen-bond acceptors (Lipinski definition) is 3. The van der Waals surface area contributed by atoms with Gasteiger partial charge in [-0.3, -0.25) is 4.79 Å². The summed E-state index contributed by atoms with van der Waals surface area (Å²) in [5.74, 6) is -0.654. The molecule has 0 radical (unpaired) electrons. The molecule has 0 aliphatic heterocycles. The van der Waals surface area contributed by atoms with E-state index in [0.717, 1.165) is 12.8 Å². The fourth-order valence-corrected chi connectivity index (χ4v) is 1.99. The van der Waals surface area contributed by atoms with E-state index < -0.39 is 12.0 Å². The molecule has 1 unspecified atom stereocenters. The van der Waals surface area contributed by atoms with Gasteiger partial charge in [0.05, 0.1) is 18.1 Å². The molecule has 6 nitrogen and oxygen atoms in total. The van der Waals surface area contributed by atoms with Crippen molar-refractivity contribution < 1.29 is 14.7 Å². The summed E-state index contributed by atoms with van der Waals surface area (Å²) in [4.78, 5) is 22.6. The van der Waals surface area contributed by atoms with Crippen molar-refractivity contribution in [2.24, 2.45) is 5.92 Å². The minimum absolute atomic E-state index is 0.0640. The Morgan fingerprint density at radius 2 is 2.00 bits per heavy atom. The normalized spacial score (nSPS) is 14.9. The Labute approximate surface area is 116 Å². The van der Waals surface area contributed by atoms with Crippen molar-refractivity contribution in [3.8, 4) is 6.07 Å². The highest BCUT2D eigenvalue weighted by atomic mass is 16.4. The van der Waals surface area contributed by atoms with Crippen molar-refractivity contribution in [1.29, 1.82) is 5.26 Å². The van der Waals surface area contributed by atoms with Gasteiger partial charge in [-0.1, -0.05) is 0 Å². The van der Waals surface area contributed by atoms with Crippen molar-refractivity contribution in [3.05, 3.63) is 29.8 Å². The van der Waals surface area contributed by atoms with Crippen LogP contribution in [0.4, 0.5) is 10.5 Å². The van der Waals surface area contributed by atoms with Crippen molar-refractivity contribution >= 4 is 17.7 Å². The van der Waals surface area contributed by atoms with Gasteiger partial charge >= 0.3 is 12.0 Å². The molecule has 0 aromatic heterocycles. The van der Waals surface area contributed by atoms with Crippen LogP contribution in [0.3, 0.4) is 0 Å². The molecule has 0 bridgehead atoms. The summed E-state index contributed by atoms with van der Waals surface area (Å²) in [6.07, 6.45) is 1.84. The van der Waals surface area contributed by atoms with E-state index in [1.165, 1.54) is 0 Å². The van der Waals surface area contributed by atoms with Crippen LogP contribution in [-0.4, -0.2) is 23.1 Å². The van der Waals surface area contributed by atoms with Gasteiger partial charge in [0.2, 0.25) is 0 Å². The van der Waals surface area contributed by atoms with Crippen LogP contribution < -0.4 is 10.6 Å². The molecule has 20 heavy (non-hydrogen) atoms. The zero-order chi connectivity index (χ0) is 14.5. The van der Waals surface area contributed by atoms with E-state index in [4.69, 9.17) is 10.4 Å². The smallest absolute Gasteiger partial charge is 0.319 e. The second-order valence-electron chi connectivity index (χ2n) is 4.83. The van der Waals surface area contributed by atoms with E-state index in [9.17, 15) is 9.59 Å². The van der Waals surface area contributed by atoms with Crippen LogP contribution in [-0.2, 0) is 4.79 Å². The first-order chi connectivity index (χ1) is 9.58. The lowest BCUT2D eigenvalue weighted by Crippen LogP contribution is -2.40. The summed E-state index contributed by atoms with van der Waals surface area (Å²) >= 11 is 0. The Balaban J connectivity index is 1.90. The molecule has 1 aromatic rings. The third kappa shape index (κ3) is 3.99. The Kier molecular flexibility index (Phi) is 4.20. The minimum Gasteiger partial charge on any atom is -0.481 e. The quantitative estimate of drug-likeness (QED) is 0.762. The summed E-state index contributed by atoms with van der Waals surface area (Å²) in [5.41, 5.74) is 1.07. The van der Waals surface area contributed by atoms with Gasteiger partial charge < -0.3 is 15.7 Å². The van der Waals surface area contributed by atoms with E-state index >= 15 is 0 Å². The first-order valence-corrected chi connectivity index (χ1v) is 6.38. The fraction of sp³-hybridized carbons (Fsp3) is 0.357. The number of nitrogens with zero attached hydrogens (tertiary/aromatic N) is 1. The fourth-order valence-electron chi connectivity index (χ4n) is 1.99. The number of anilines is 1. The summed E-state index contributed by atoms with van der Waals surface area (Å²) in [5, 5.41) is 22.8. The highest BCUT2D eigenvalue weighted by Crippen LogP contribution is 2.34. The van der Waals surface area contributed by atoms with Crippen molar-refractivity contribution in [1.82, 2.24) is 5.32 Å². The van der Waals surface area contributed by atoms with Gasteiger partial charge in [-0.15, -0.1) is 0 Å². The molecular formula is C14H15N3O3. The largest absolute Gasteiger partial charge is 0.481 e. The number of nitriles is 1. The Bertz CT molecular complexity index is 544. The lowest BCUT2D eigenvalue weighted by atomic mass is 10.1. The third-order valence-electron chi connectivity index (χ3n) is 3.17. The highest BCUT2D eigenvalue weighted by Gasteiger charge is 2.33. The van der Waals surface area contributed by atoms with Crippen LogP contribution in [0, 0.1) is 17.2 Å². The number of carboxylic acid groups (broad SMARTS) is 1. The summed E-state index contributed by atoms with van der Waals surface area (Å²) < 4.78 is 0. The number of carboxylic acids is 1. The number of aliphatic carboxylic acids is 1.